The zero-order chi connectivity index (χ0) is 10.5. The molecule has 15 heavy (non-hydrogen) atoms. The Balaban J connectivity index is 2.10. The highest BCUT2D eigenvalue weighted by Gasteiger charge is 2.11. The molecule has 1 heterocycles. The lowest BCUT2D eigenvalue weighted by Crippen LogP contribution is -1.92. The van der Waals surface area contributed by atoms with Gasteiger partial charge in [0.1, 0.15) is 0 Å². The molecule has 1 aliphatic heterocycles. The van der Waals surface area contributed by atoms with Gasteiger partial charge in [0, 0.05) is 0 Å². The third-order valence-corrected chi connectivity index (χ3v) is 2.04. The molecular formula is C12H12O3. The van der Waals surface area contributed by atoms with Crippen molar-refractivity contribution in [1.29, 1.82) is 0 Å². The monoisotopic (exact) mass is 204 g/mol. The number of rotatable bonds is 3. The molecule has 0 fully saturated rings. The van der Waals surface area contributed by atoms with E-state index in [0.717, 1.165) is 17.1 Å². The predicted molar refractivity (Wildman–Crippen MR) is 57.8 cm³/mol. The standard InChI is InChI=1S/C12H12O3/c13-7-3-1-2-4-10-5-6-11-12(8-10)15-9-14-11/h1-6,8,13H,7,9H2/b3-1+,4-2+. The summed E-state index contributed by atoms with van der Waals surface area (Å²) in [7, 11) is 0. The first-order valence-corrected chi connectivity index (χ1v) is 4.74. The minimum Gasteiger partial charge on any atom is -0.454 e. The Hall–Kier alpha value is -1.74. The molecule has 1 aromatic carbocycles. The smallest absolute Gasteiger partial charge is 0.231 e. The van der Waals surface area contributed by atoms with Gasteiger partial charge in [-0.2, -0.15) is 0 Å². The van der Waals surface area contributed by atoms with Gasteiger partial charge in [0.2, 0.25) is 6.79 Å². The molecule has 0 aromatic heterocycles. The van der Waals surface area contributed by atoms with Crippen LogP contribution in [0.4, 0.5) is 0 Å². The van der Waals surface area contributed by atoms with E-state index >= 15 is 0 Å². The summed E-state index contributed by atoms with van der Waals surface area (Å²) in [5.74, 6) is 1.57. The quantitative estimate of drug-likeness (QED) is 0.765. The molecule has 0 bridgehead atoms. The molecule has 3 nitrogen and oxygen atoms in total. The van der Waals surface area contributed by atoms with Gasteiger partial charge < -0.3 is 14.6 Å². The molecular weight excluding hydrogens is 192 g/mol. The lowest BCUT2D eigenvalue weighted by atomic mass is 10.2. The van der Waals surface area contributed by atoms with Crippen LogP contribution in [0.25, 0.3) is 6.08 Å². The fraction of sp³-hybridized carbons (Fsp3) is 0.167. The molecule has 0 unspecified atom stereocenters. The summed E-state index contributed by atoms with van der Waals surface area (Å²) in [5.41, 5.74) is 1.04. The van der Waals surface area contributed by atoms with Gasteiger partial charge in [-0.1, -0.05) is 30.4 Å². The van der Waals surface area contributed by atoms with Gasteiger partial charge in [-0.15, -0.1) is 0 Å². The van der Waals surface area contributed by atoms with Crippen LogP contribution in [-0.2, 0) is 0 Å². The lowest BCUT2D eigenvalue weighted by molar-refractivity contribution is 0.174. The highest BCUT2D eigenvalue weighted by Crippen LogP contribution is 2.32. The van der Waals surface area contributed by atoms with Gasteiger partial charge in [0.05, 0.1) is 6.61 Å². The fourth-order valence-corrected chi connectivity index (χ4v) is 1.32. The molecule has 3 heteroatoms. The summed E-state index contributed by atoms with van der Waals surface area (Å²) < 4.78 is 10.5. The summed E-state index contributed by atoms with van der Waals surface area (Å²) in [6, 6.07) is 5.76. The average molecular weight is 204 g/mol. The SMILES string of the molecule is OC/C=C/C=C/c1ccc2c(c1)OCO2. The number of aliphatic hydroxyl groups is 1. The van der Waals surface area contributed by atoms with Crippen molar-refractivity contribution in [3.05, 3.63) is 42.0 Å². The van der Waals surface area contributed by atoms with Crippen LogP contribution in [0.15, 0.2) is 36.4 Å². The van der Waals surface area contributed by atoms with Crippen LogP contribution in [0.1, 0.15) is 5.56 Å². The van der Waals surface area contributed by atoms with Crippen LogP contribution in [0.2, 0.25) is 0 Å². The molecule has 1 aromatic rings. The van der Waals surface area contributed by atoms with E-state index in [1.54, 1.807) is 12.2 Å². The minimum absolute atomic E-state index is 0.0610. The minimum atomic E-state index is 0.0610. The van der Waals surface area contributed by atoms with Crippen molar-refractivity contribution >= 4 is 6.08 Å². The number of hydrogen-bond acceptors (Lipinski definition) is 3. The van der Waals surface area contributed by atoms with E-state index < -0.39 is 0 Å². The molecule has 1 N–H and O–H groups in total. The number of hydrogen-bond donors (Lipinski definition) is 1. The molecule has 0 saturated carbocycles. The second kappa shape index (κ2) is 4.66. The van der Waals surface area contributed by atoms with Gasteiger partial charge in [-0.05, 0) is 17.7 Å². The summed E-state index contributed by atoms with van der Waals surface area (Å²) in [5, 5.41) is 8.53. The number of benzene rings is 1. The van der Waals surface area contributed by atoms with Crippen LogP contribution >= 0.6 is 0 Å². The third kappa shape index (κ3) is 2.39. The maximum Gasteiger partial charge on any atom is 0.231 e. The highest BCUT2D eigenvalue weighted by molar-refractivity contribution is 5.57. The van der Waals surface area contributed by atoms with Crippen molar-refractivity contribution in [1.82, 2.24) is 0 Å². The Labute approximate surface area is 88.3 Å². The second-order valence-corrected chi connectivity index (χ2v) is 3.08. The third-order valence-electron chi connectivity index (χ3n) is 2.04. The second-order valence-electron chi connectivity index (χ2n) is 3.08. The summed E-state index contributed by atoms with van der Waals surface area (Å²) in [6.07, 6.45) is 7.27. The maximum absolute atomic E-state index is 8.53. The van der Waals surface area contributed by atoms with Crippen LogP contribution in [-0.4, -0.2) is 18.5 Å². The molecule has 0 aliphatic carbocycles. The molecule has 1 aliphatic rings. The van der Waals surface area contributed by atoms with E-state index in [1.807, 2.05) is 30.4 Å². The van der Waals surface area contributed by atoms with Crippen molar-refractivity contribution in [2.45, 2.75) is 0 Å². The van der Waals surface area contributed by atoms with Gasteiger partial charge in [-0.25, -0.2) is 0 Å². The van der Waals surface area contributed by atoms with E-state index in [-0.39, 0.29) is 6.61 Å². The van der Waals surface area contributed by atoms with Crippen molar-refractivity contribution in [2.75, 3.05) is 13.4 Å². The number of aliphatic hydroxyl groups excluding tert-OH is 1. The van der Waals surface area contributed by atoms with Crippen molar-refractivity contribution in [3.63, 3.8) is 0 Å². The van der Waals surface area contributed by atoms with Gasteiger partial charge in [0.25, 0.3) is 0 Å². The van der Waals surface area contributed by atoms with E-state index in [9.17, 15) is 0 Å². The van der Waals surface area contributed by atoms with Crippen molar-refractivity contribution < 1.29 is 14.6 Å². The van der Waals surface area contributed by atoms with E-state index in [1.165, 1.54) is 0 Å². The number of fused-ring (bicyclic) bond motifs is 1. The van der Waals surface area contributed by atoms with Gasteiger partial charge in [-0.3, -0.25) is 0 Å². The summed E-state index contributed by atoms with van der Waals surface area (Å²) in [6.45, 7) is 0.360. The molecule has 2 rings (SSSR count). The molecule has 78 valence electrons. The Bertz CT molecular complexity index is 394. The van der Waals surface area contributed by atoms with Crippen molar-refractivity contribution in [2.24, 2.45) is 0 Å². The molecule has 0 amide bonds. The first kappa shape index (κ1) is 9.80. The lowest BCUT2D eigenvalue weighted by Gasteiger charge is -1.96. The molecule has 0 radical (unpaired) electrons. The Kier molecular flexibility index (Phi) is 3.05. The zero-order valence-electron chi connectivity index (χ0n) is 8.22. The van der Waals surface area contributed by atoms with Gasteiger partial charge >= 0.3 is 0 Å². The zero-order valence-corrected chi connectivity index (χ0v) is 8.22. The highest BCUT2D eigenvalue weighted by atomic mass is 16.7. The average Bonchev–Trinajstić information content (AvgIpc) is 2.71. The van der Waals surface area contributed by atoms with Crippen LogP contribution < -0.4 is 9.47 Å². The fourth-order valence-electron chi connectivity index (χ4n) is 1.32. The maximum atomic E-state index is 8.53. The van der Waals surface area contributed by atoms with Crippen molar-refractivity contribution in [3.8, 4) is 11.5 Å². The Morgan fingerprint density at radius 2 is 2.07 bits per heavy atom. The summed E-state index contributed by atoms with van der Waals surface area (Å²) >= 11 is 0. The van der Waals surface area contributed by atoms with Crippen LogP contribution in [0.5, 0.6) is 11.5 Å². The Morgan fingerprint density at radius 3 is 2.93 bits per heavy atom. The molecule has 0 atom stereocenters. The first-order chi connectivity index (χ1) is 7.40. The summed E-state index contributed by atoms with van der Waals surface area (Å²) in [4.78, 5) is 0. The largest absolute Gasteiger partial charge is 0.454 e. The van der Waals surface area contributed by atoms with Crippen LogP contribution in [0, 0.1) is 0 Å². The van der Waals surface area contributed by atoms with E-state index in [4.69, 9.17) is 14.6 Å². The first-order valence-electron chi connectivity index (χ1n) is 4.74. The topological polar surface area (TPSA) is 38.7 Å². The van der Waals surface area contributed by atoms with E-state index in [2.05, 4.69) is 0 Å². The van der Waals surface area contributed by atoms with Crippen LogP contribution in [0.3, 0.4) is 0 Å². The predicted octanol–water partition coefficient (Wildman–Crippen LogP) is 1.98. The Morgan fingerprint density at radius 1 is 1.20 bits per heavy atom. The van der Waals surface area contributed by atoms with Gasteiger partial charge in [0.15, 0.2) is 11.5 Å². The number of ether oxygens (including phenoxy) is 2. The van der Waals surface area contributed by atoms with E-state index in [0.29, 0.717) is 6.79 Å². The molecule has 0 saturated heterocycles. The normalized spacial score (nSPS) is 14.2. The number of allylic oxidation sites excluding steroid dienone is 2. The molecule has 0 spiro atoms.